The number of nitrogens with one attached hydrogen (secondary N) is 1. The summed E-state index contributed by atoms with van der Waals surface area (Å²) in [5.74, 6) is -1.51. The van der Waals surface area contributed by atoms with E-state index in [-0.39, 0.29) is 23.1 Å². The summed E-state index contributed by atoms with van der Waals surface area (Å²) in [5.41, 5.74) is 6.63. The van der Waals surface area contributed by atoms with Gasteiger partial charge >= 0.3 is 5.97 Å². The molecule has 1 aromatic rings. The van der Waals surface area contributed by atoms with Crippen molar-refractivity contribution >= 4 is 11.9 Å². The highest BCUT2D eigenvalue weighted by Gasteiger charge is 2.37. The molecule has 0 saturated heterocycles. The summed E-state index contributed by atoms with van der Waals surface area (Å²) in [6.45, 7) is 7.50. The van der Waals surface area contributed by atoms with E-state index in [1.165, 1.54) is 6.07 Å². The molecule has 0 saturated carbocycles. The lowest BCUT2D eigenvalue weighted by molar-refractivity contribution is -0.138. The summed E-state index contributed by atoms with van der Waals surface area (Å²) >= 11 is 0. The second-order valence-electron chi connectivity index (χ2n) is 8.46. The van der Waals surface area contributed by atoms with Crippen LogP contribution in [0.2, 0.25) is 0 Å². The third-order valence-corrected chi connectivity index (χ3v) is 5.27. The normalized spacial score (nSPS) is 20.6. The summed E-state index contributed by atoms with van der Waals surface area (Å²) in [5, 5.41) is 33.1. The van der Waals surface area contributed by atoms with Crippen LogP contribution in [0.4, 0.5) is 0 Å². The maximum absolute atomic E-state index is 12.6. The first kappa shape index (κ1) is 23.1. The van der Waals surface area contributed by atoms with Crippen LogP contribution in [0.25, 0.3) is 0 Å². The van der Waals surface area contributed by atoms with Gasteiger partial charge in [-0.15, -0.1) is 0 Å². The highest BCUT2D eigenvalue weighted by molar-refractivity contribution is 5.95. The second kappa shape index (κ2) is 9.56. The Labute approximate surface area is 171 Å². The predicted molar refractivity (Wildman–Crippen MR) is 107 cm³/mol. The summed E-state index contributed by atoms with van der Waals surface area (Å²) in [4.78, 5) is 25.0. The van der Waals surface area contributed by atoms with E-state index in [1.54, 1.807) is 26.0 Å². The molecule has 8 heteroatoms. The quantitative estimate of drug-likeness (QED) is 0.399. The average molecular weight is 408 g/mol. The summed E-state index contributed by atoms with van der Waals surface area (Å²) in [7, 11) is 0. The number of fused-ring (bicyclic) bond motifs is 1. The zero-order valence-corrected chi connectivity index (χ0v) is 17.3. The molecule has 2 rings (SSSR count). The zero-order valence-electron chi connectivity index (χ0n) is 17.3. The molecular weight excluding hydrogens is 376 g/mol. The van der Waals surface area contributed by atoms with E-state index in [1.807, 2.05) is 13.8 Å². The molecule has 5 atom stereocenters. The van der Waals surface area contributed by atoms with Gasteiger partial charge in [-0.1, -0.05) is 39.8 Å². The van der Waals surface area contributed by atoms with Crippen LogP contribution in [0.3, 0.4) is 0 Å². The lowest BCUT2D eigenvalue weighted by Gasteiger charge is -2.34. The van der Waals surface area contributed by atoms with Crippen molar-refractivity contribution in [3.8, 4) is 5.75 Å². The number of hydrogen-bond acceptors (Lipinski definition) is 7. The molecule has 29 heavy (non-hydrogen) atoms. The molecule has 0 radical (unpaired) electrons. The van der Waals surface area contributed by atoms with Crippen LogP contribution in [0.1, 0.15) is 50.0 Å². The Kier molecular flexibility index (Phi) is 7.62. The van der Waals surface area contributed by atoms with E-state index in [9.17, 15) is 24.9 Å². The van der Waals surface area contributed by atoms with Crippen LogP contribution in [-0.2, 0) is 16.0 Å². The number of amides is 1. The van der Waals surface area contributed by atoms with Crippen LogP contribution >= 0.6 is 0 Å². The van der Waals surface area contributed by atoms with Crippen molar-refractivity contribution in [1.82, 2.24) is 5.32 Å². The molecule has 1 aliphatic heterocycles. The molecule has 5 unspecified atom stereocenters. The van der Waals surface area contributed by atoms with Gasteiger partial charge in [0.25, 0.3) is 5.91 Å². The SMILES string of the molecule is CC(C)CC(NC(=O)C(O)C(O)C(N)C(C)C)C1Cc2cccc(O)c2C(=O)O1. The van der Waals surface area contributed by atoms with Gasteiger partial charge in [-0.3, -0.25) is 4.79 Å². The largest absolute Gasteiger partial charge is 0.507 e. The van der Waals surface area contributed by atoms with Gasteiger partial charge in [0.05, 0.1) is 6.04 Å². The molecule has 1 heterocycles. The van der Waals surface area contributed by atoms with Gasteiger partial charge in [0.1, 0.15) is 23.5 Å². The van der Waals surface area contributed by atoms with Gasteiger partial charge in [-0.25, -0.2) is 4.79 Å². The lowest BCUT2D eigenvalue weighted by atomic mass is 9.90. The highest BCUT2D eigenvalue weighted by Crippen LogP contribution is 2.30. The number of aliphatic hydroxyl groups excluding tert-OH is 2. The van der Waals surface area contributed by atoms with E-state index in [0.29, 0.717) is 18.4 Å². The molecule has 0 aliphatic carbocycles. The Morgan fingerprint density at radius 1 is 1.28 bits per heavy atom. The van der Waals surface area contributed by atoms with Crippen LogP contribution < -0.4 is 11.1 Å². The van der Waals surface area contributed by atoms with Crippen molar-refractivity contribution < 1.29 is 29.6 Å². The molecule has 1 aromatic carbocycles. The zero-order chi connectivity index (χ0) is 21.9. The number of aromatic hydroxyl groups is 1. The molecule has 162 valence electrons. The standard InChI is InChI=1S/C21H32N2O6/c1-10(2)8-13(23-20(27)19(26)18(25)17(22)11(3)4)15-9-12-6-5-7-14(24)16(12)21(28)29-15/h5-7,10-11,13,15,17-19,24-26H,8-9,22H2,1-4H3,(H,23,27). The number of hydrogen-bond donors (Lipinski definition) is 5. The van der Waals surface area contributed by atoms with E-state index in [0.717, 1.165) is 0 Å². The van der Waals surface area contributed by atoms with Crippen molar-refractivity contribution in [3.63, 3.8) is 0 Å². The van der Waals surface area contributed by atoms with Gasteiger partial charge in [0, 0.05) is 12.5 Å². The molecule has 1 aliphatic rings. The fourth-order valence-electron chi connectivity index (χ4n) is 3.51. The van der Waals surface area contributed by atoms with Crippen molar-refractivity contribution in [2.24, 2.45) is 17.6 Å². The van der Waals surface area contributed by atoms with Gasteiger partial charge in [0.15, 0.2) is 6.10 Å². The maximum Gasteiger partial charge on any atom is 0.342 e. The molecule has 8 nitrogen and oxygen atoms in total. The van der Waals surface area contributed by atoms with Crippen molar-refractivity contribution in [3.05, 3.63) is 29.3 Å². The minimum absolute atomic E-state index is 0.123. The number of ether oxygens (including phenoxy) is 1. The van der Waals surface area contributed by atoms with Crippen LogP contribution in [0, 0.1) is 11.8 Å². The van der Waals surface area contributed by atoms with E-state index in [2.05, 4.69) is 5.32 Å². The van der Waals surface area contributed by atoms with Crippen molar-refractivity contribution in [2.45, 2.75) is 70.9 Å². The number of esters is 1. The number of cyclic esters (lactones) is 1. The fraction of sp³-hybridized carbons (Fsp3) is 0.619. The van der Waals surface area contributed by atoms with Gasteiger partial charge in [-0.2, -0.15) is 0 Å². The third kappa shape index (κ3) is 5.46. The van der Waals surface area contributed by atoms with Crippen LogP contribution in [0.15, 0.2) is 18.2 Å². The van der Waals surface area contributed by atoms with Gasteiger partial charge < -0.3 is 31.1 Å². The second-order valence-corrected chi connectivity index (χ2v) is 8.46. The number of carbonyl (C=O) groups is 2. The average Bonchev–Trinajstić information content (AvgIpc) is 2.64. The Balaban J connectivity index is 2.18. The fourth-order valence-corrected chi connectivity index (χ4v) is 3.51. The van der Waals surface area contributed by atoms with Crippen LogP contribution in [0.5, 0.6) is 5.75 Å². The first-order valence-electron chi connectivity index (χ1n) is 9.96. The van der Waals surface area contributed by atoms with E-state index >= 15 is 0 Å². The number of aliphatic hydroxyl groups is 2. The van der Waals surface area contributed by atoms with Crippen molar-refractivity contribution in [2.75, 3.05) is 0 Å². The van der Waals surface area contributed by atoms with E-state index in [4.69, 9.17) is 10.5 Å². The molecule has 6 N–H and O–H groups in total. The number of phenolic OH excluding ortho intramolecular Hbond substituents is 1. The molecular formula is C21H32N2O6. The maximum atomic E-state index is 12.6. The Morgan fingerprint density at radius 3 is 2.52 bits per heavy atom. The molecule has 0 aromatic heterocycles. The minimum atomic E-state index is -1.70. The van der Waals surface area contributed by atoms with E-state index < -0.39 is 42.3 Å². The van der Waals surface area contributed by atoms with Gasteiger partial charge in [-0.05, 0) is 29.9 Å². The smallest absolute Gasteiger partial charge is 0.342 e. The summed E-state index contributed by atoms with van der Waals surface area (Å²) in [6.07, 6.45) is -2.96. The number of phenols is 1. The summed E-state index contributed by atoms with van der Waals surface area (Å²) < 4.78 is 5.50. The Morgan fingerprint density at radius 2 is 1.93 bits per heavy atom. The monoisotopic (exact) mass is 408 g/mol. The number of nitrogens with two attached hydrogens (primary N) is 1. The molecule has 0 spiro atoms. The van der Waals surface area contributed by atoms with Gasteiger partial charge in [0.2, 0.25) is 0 Å². The number of carbonyl (C=O) groups excluding carboxylic acids is 2. The van der Waals surface area contributed by atoms with Crippen LogP contribution in [-0.4, -0.2) is 57.6 Å². The highest BCUT2D eigenvalue weighted by atomic mass is 16.5. The predicted octanol–water partition coefficient (Wildman–Crippen LogP) is 0.710. The Hall–Kier alpha value is -2.16. The number of rotatable bonds is 8. The topological polar surface area (TPSA) is 142 Å². The minimum Gasteiger partial charge on any atom is -0.507 e. The molecule has 1 amide bonds. The molecule has 0 bridgehead atoms. The Bertz CT molecular complexity index is 736. The third-order valence-electron chi connectivity index (χ3n) is 5.27. The summed E-state index contributed by atoms with van der Waals surface area (Å²) in [6, 6.07) is 3.47. The lowest BCUT2D eigenvalue weighted by Crippen LogP contribution is -2.56. The number of benzene rings is 1. The molecule has 0 fully saturated rings. The first-order valence-corrected chi connectivity index (χ1v) is 9.96. The van der Waals surface area contributed by atoms with Crippen molar-refractivity contribution in [1.29, 1.82) is 0 Å². The first-order chi connectivity index (χ1) is 13.5.